The van der Waals surface area contributed by atoms with Crippen LogP contribution in [0.25, 0.3) is 0 Å². The van der Waals surface area contributed by atoms with Crippen LogP contribution in [0, 0.1) is 0 Å². The molecule has 7 heteroatoms. The van der Waals surface area contributed by atoms with E-state index in [2.05, 4.69) is 31.3 Å². The van der Waals surface area contributed by atoms with Gasteiger partial charge in [-0.3, -0.25) is 9.59 Å². The van der Waals surface area contributed by atoms with Gasteiger partial charge in [0.05, 0.1) is 12.7 Å². The van der Waals surface area contributed by atoms with Crippen LogP contribution in [0.5, 0.6) is 0 Å². The van der Waals surface area contributed by atoms with E-state index in [0.29, 0.717) is 11.4 Å². The number of methoxy groups -OCH3 is 1. The summed E-state index contributed by atoms with van der Waals surface area (Å²) in [7, 11) is 1.26. The van der Waals surface area contributed by atoms with Crippen LogP contribution in [0.1, 0.15) is 10.4 Å². The third-order valence-electron chi connectivity index (χ3n) is 2.83. The summed E-state index contributed by atoms with van der Waals surface area (Å²) in [4.78, 5) is 35.2. The smallest absolute Gasteiger partial charge is 0.337 e. The van der Waals surface area contributed by atoms with Crippen LogP contribution in [-0.4, -0.2) is 24.9 Å². The molecule has 0 atom stereocenters. The van der Waals surface area contributed by atoms with Crippen molar-refractivity contribution in [3.63, 3.8) is 0 Å². The summed E-state index contributed by atoms with van der Waals surface area (Å²) in [6, 6.07) is 13.0. The van der Waals surface area contributed by atoms with Gasteiger partial charge < -0.3 is 15.4 Å². The van der Waals surface area contributed by atoms with Crippen molar-refractivity contribution in [1.29, 1.82) is 0 Å². The van der Waals surface area contributed by atoms with Crippen molar-refractivity contribution in [2.24, 2.45) is 0 Å². The van der Waals surface area contributed by atoms with E-state index < -0.39 is 17.8 Å². The van der Waals surface area contributed by atoms with Crippen LogP contribution in [0.4, 0.5) is 11.4 Å². The van der Waals surface area contributed by atoms with Gasteiger partial charge in [-0.25, -0.2) is 4.79 Å². The average molecular weight is 377 g/mol. The van der Waals surface area contributed by atoms with E-state index in [1.807, 2.05) is 0 Å². The molecule has 2 N–H and O–H groups in total. The van der Waals surface area contributed by atoms with Crippen LogP contribution in [-0.2, 0) is 14.3 Å². The zero-order chi connectivity index (χ0) is 16.8. The van der Waals surface area contributed by atoms with Crippen molar-refractivity contribution in [3.05, 3.63) is 58.6 Å². The van der Waals surface area contributed by atoms with Crippen molar-refractivity contribution < 1.29 is 19.1 Å². The van der Waals surface area contributed by atoms with Crippen LogP contribution in [0.15, 0.2) is 53.0 Å². The molecule has 118 valence electrons. The topological polar surface area (TPSA) is 84.5 Å². The number of hydrogen-bond donors (Lipinski definition) is 2. The largest absolute Gasteiger partial charge is 0.465 e. The third kappa shape index (κ3) is 4.65. The van der Waals surface area contributed by atoms with Crippen LogP contribution >= 0.6 is 15.9 Å². The maximum absolute atomic E-state index is 11.9. The maximum Gasteiger partial charge on any atom is 0.337 e. The maximum atomic E-state index is 11.9. The molecule has 2 aromatic carbocycles. The second-order valence-corrected chi connectivity index (χ2v) is 5.41. The molecular weight excluding hydrogens is 364 g/mol. The molecule has 0 saturated heterocycles. The summed E-state index contributed by atoms with van der Waals surface area (Å²) in [5.74, 6) is -2.18. The summed E-state index contributed by atoms with van der Waals surface area (Å²) < 4.78 is 5.38. The second-order valence-electron chi connectivity index (χ2n) is 4.49. The fourth-order valence-electron chi connectivity index (χ4n) is 1.78. The van der Waals surface area contributed by atoms with E-state index in [0.717, 1.165) is 4.47 Å². The molecule has 0 unspecified atom stereocenters. The third-order valence-corrected chi connectivity index (χ3v) is 3.32. The van der Waals surface area contributed by atoms with E-state index in [-0.39, 0.29) is 5.56 Å². The van der Waals surface area contributed by atoms with Crippen molar-refractivity contribution in [3.8, 4) is 0 Å². The summed E-state index contributed by atoms with van der Waals surface area (Å²) in [5.41, 5.74) is 1.09. The number of nitrogens with one attached hydrogen (secondary N) is 2. The Balaban J connectivity index is 2.04. The zero-order valence-corrected chi connectivity index (χ0v) is 13.7. The Morgan fingerprint density at radius 3 is 2.04 bits per heavy atom. The molecule has 2 amide bonds. The van der Waals surface area contributed by atoms with Gasteiger partial charge in [-0.05, 0) is 36.4 Å². The lowest BCUT2D eigenvalue weighted by atomic mass is 10.2. The fraction of sp³-hybridized carbons (Fsp3) is 0.0625. The lowest BCUT2D eigenvalue weighted by Gasteiger charge is -2.08. The number of carbonyl (C=O) groups is 3. The molecule has 0 aromatic heterocycles. The highest BCUT2D eigenvalue weighted by atomic mass is 79.9. The number of ether oxygens (including phenoxy) is 1. The van der Waals surface area contributed by atoms with E-state index >= 15 is 0 Å². The van der Waals surface area contributed by atoms with Gasteiger partial charge >= 0.3 is 17.8 Å². The van der Waals surface area contributed by atoms with Gasteiger partial charge in [0, 0.05) is 15.8 Å². The number of carbonyl (C=O) groups excluding carboxylic acids is 3. The minimum Gasteiger partial charge on any atom is -0.465 e. The number of anilines is 2. The fourth-order valence-corrected chi connectivity index (χ4v) is 2.18. The highest BCUT2D eigenvalue weighted by Gasteiger charge is 2.15. The predicted molar refractivity (Wildman–Crippen MR) is 89.2 cm³/mol. The Morgan fingerprint density at radius 2 is 1.48 bits per heavy atom. The van der Waals surface area contributed by atoms with Crippen LogP contribution in [0.2, 0.25) is 0 Å². The van der Waals surface area contributed by atoms with Gasteiger partial charge in [0.25, 0.3) is 0 Å². The molecule has 0 aliphatic carbocycles. The van der Waals surface area contributed by atoms with E-state index in [1.165, 1.54) is 13.2 Å². The molecule has 0 aliphatic rings. The van der Waals surface area contributed by atoms with Crippen molar-refractivity contribution >= 4 is 45.1 Å². The van der Waals surface area contributed by atoms with Crippen molar-refractivity contribution in [2.75, 3.05) is 17.7 Å². The van der Waals surface area contributed by atoms with Crippen molar-refractivity contribution in [1.82, 2.24) is 0 Å². The van der Waals surface area contributed by atoms with Crippen LogP contribution < -0.4 is 10.6 Å². The Kier molecular flexibility index (Phi) is 5.48. The minimum atomic E-state index is -0.841. The summed E-state index contributed by atoms with van der Waals surface area (Å²) in [6.07, 6.45) is 0. The molecule has 0 spiro atoms. The molecular formula is C16H13BrN2O4. The molecule has 0 fully saturated rings. The lowest BCUT2D eigenvalue weighted by molar-refractivity contribution is -0.132. The van der Waals surface area contributed by atoms with Gasteiger partial charge in [-0.15, -0.1) is 0 Å². The number of halogens is 1. The van der Waals surface area contributed by atoms with Gasteiger partial charge in [0.15, 0.2) is 0 Å². The van der Waals surface area contributed by atoms with Gasteiger partial charge in [0.2, 0.25) is 0 Å². The molecule has 0 heterocycles. The number of esters is 1. The zero-order valence-electron chi connectivity index (χ0n) is 12.1. The molecule has 2 rings (SSSR count). The first kappa shape index (κ1) is 16.7. The molecule has 0 bridgehead atoms. The average Bonchev–Trinajstić information content (AvgIpc) is 2.54. The number of rotatable bonds is 3. The summed E-state index contributed by atoms with van der Waals surface area (Å²) in [6.45, 7) is 0. The Hall–Kier alpha value is -2.67. The molecule has 23 heavy (non-hydrogen) atoms. The van der Waals surface area contributed by atoms with Crippen LogP contribution in [0.3, 0.4) is 0 Å². The molecule has 0 aliphatic heterocycles. The monoisotopic (exact) mass is 376 g/mol. The number of amides is 2. The number of benzene rings is 2. The number of hydrogen-bond acceptors (Lipinski definition) is 4. The predicted octanol–water partition coefficient (Wildman–Crippen LogP) is 2.81. The summed E-state index contributed by atoms with van der Waals surface area (Å²) in [5, 5.41) is 4.90. The van der Waals surface area contributed by atoms with Gasteiger partial charge in [0.1, 0.15) is 0 Å². The first-order valence-corrected chi connectivity index (χ1v) is 7.35. The molecule has 0 radical (unpaired) electrons. The Morgan fingerprint density at radius 1 is 0.913 bits per heavy atom. The minimum absolute atomic E-state index is 0.276. The van der Waals surface area contributed by atoms with Gasteiger partial charge in [-0.2, -0.15) is 0 Å². The molecule has 0 saturated carbocycles. The molecule has 6 nitrogen and oxygen atoms in total. The van der Waals surface area contributed by atoms with Crippen molar-refractivity contribution in [2.45, 2.75) is 0 Å². The summed E-state index contributed by atoms with van der Waals surface area (Å²) >= 11 is 3.28. The first-order valence-electron chi connectivity index (χ1n) is 6.56. The first-order chi connectivity index (χ1) is 11.0. The second kappa shape index (κ2) is 7.55. The van der Waals surface area contributed by atoms with E-state index in [1.54, 1.807) is 42.5 Å². The Bertz CT molecular complexity index is 761. The standard InChI is InChI=1S/C16H13BrN2O4/c1-23-16(22)10-4-2-6-12(8-10)18-14(20)15(21)19-13-7-3-5-11(17)9-13/h2-9H,1H3,(H,18,20)(H,19,21). The highest BCUT2D eigenvalue weighted by Crippen LogP contribution is 2.16. The normalized spacial score (nSPS) is 9.83. The lowest BCUT2D eigenvalue weighted by Crippen LogP contribution is -2.29. The van der Waals surface area contributed by atoms with E-state index in [9.17, 15) is 14.4 Å². The Labute approximate surface area is 141 Å². The molecule has 2 aromatic rings. The SMILES string of the molecule is COC(=O)c1cccc(NC(=O)C(=O)Nc2cccc(Br)c2)c1. The quantitative estimate of drug-likeness (QED) is 0.637. The highest BCUT2D eigenvalue weighted by molar-refractivity contribution is 9.10. The van der Waals surface area contributed by atoms with Gasteiger partial charge in [-0.1, -0.05) is 28.1 Å². The van der Waals surface area contributed by atoms with E-state index in [4.69, 9.17) is 0 Å².